The number of rotatable bonds is 6. The number of thiophene rings is 1. The Morgan fingerprint density at radius 2 is 1.79 bits per heavy atom. The molecule has 0 unspecified atom stereocenters. The smallest absolute Gasteiger partial charge is 0.253 e. The molecule has 1 aromatic carbocycles. The average molecular weight is 436 g/mol. The highest BCUT2D eigenvalue weighted by atomic mass is 32.2. The topological polar surface area (TPSA) is 95.6 Å². The maximum atomic E-state index is 12.7. The number of carbonyl (C=O) groups excluding carboxylic acids is 2. The number of sulfonamides is 1. The van der Waals surface area contributed by atoms with Gasteiger partial charge in [0.15, 0.2) is 0 Å². The minimum atomic E-state index is -3.49. The summed E-state index contributed by atoms with van der Waals surface area (Å²) in [5.41, 5.74) is 0.872. The van der Waals surface area contributed by atoms with E-state index in [-0.39, 0.29) is 23.8 Å². The molecule has 0 radical (unpaired) electrons. The van der Waals surface area contributed by atoms with E-state index in [1.54, 1.807) is 41.8 Å². The van der Waals surface area contributed by atoms with Crippen molar-refractivity contribution in [3.8, 4) is 0 Å². The van der Waals surface area contributed by atoms with Crippen LogP contribution in [0.4, 0.5) is 5.69 Å². The van der Waals surface area contributed by atoms with Gasteiger partial charge in [0.2, 0.25) is 5.91 Å². The van der Waals surface area contributed by atoms with Crippen molar-refractivity contribution >= 4 is 38.9 Å². The summed E-state index contributed by atoms with van der Waals surface area (Å²) in [4.78, 5) is 25.1. The second-order valence-electron chi connectivity index (χ2n) is 7.27. The predicted octanol–water partition coefficient (Wildman–Crippen LogP) is 2.93. The van der Waals surface area contributed by atoms with E-state index < -0.39 is 10.0 Å². The van der Waals surface area contributed by atoms with Crippen molar-refractivity contribution in [1.82, 2.24) is 9.62 Å². The van der Waals surface area contributed by atoms with Crippen LogP contribution in [0.3, 0.4) is 0 Å². The van der Waals surface area contributed by atoms with Gasteiger partial charge in [0.25, 0.3) is 15.9 Å². The molecule has 7 nitrogen and oxygen atoms in total. The van der Waals surface area contributed by atoms with Gasteiger partial charge in [-0.25, -0.2) is 8.42 Å². The minimum Gasteiger partial charge on any atom is -0.350 e. The normalized spacial score (nSPS) is 16.0. The molecule has 2 N–H and O–H groups in total. The van der Waals surface area contributed by atoms with E-state index in [1.807, 2.05) is 13.8 Å². The van der Waals surface area contributed by atoms with E-state index in [4.69, 9.17) is 0 Å². The lowest BCUT2D eigenvalue weighted by molar-refractivity contribution is -0.120. The fraction of sp³-hybridized carbons (Fsp3) is 0.400. The molecular formula is C20H25N3O4S2. The lowest BCUT2D eigenvalue weighted by atomic mass is 9.97. The van der Waals surface area contributed by atoms with Gasteiger partial charge in [-0.3, -0.25) is 9.59 Å². The Balaban J connectivity index is 1.63. The van der Waals surface area contributed by atoms with Gasteiger partial charge in [0, 0.05) is 25.0 Å². The Morgan fingerprint density at radius 3 is 2.41 bits per heavy atom. The molecule has 156 valence electrons. The highest BCUT2D eigenvalue weighted by molar-refractivity contribution is 7.91. The molecule has 29 heavy (non-hydrogen) atoms. The van der Waals surface area contributed by atoms with Gasteiger partial charge in [-0.2, -0.15) is 4.31 Å². The number of hydrogen-bond donors (Lipinski definition) is 2. The maximum Gasteiger partial charge on any atom is 0.253 e. The fourth-order valence-electron chi connectivity index (χ4n) is 3.26. The molecule has 1 aliphatic heterocycles. The van der Waals surface area contributed by atoms with Crippen molar-refractivity contribution in [2.75, 3.05) is 18.4 Å². The van der Waals surface area contributed by atoms with Crippen molar-refractivity contribution in [1.29, 1.82) is 0 Å². The Kier molecular flexibility index (Phi) is 6.71. The van der Waals surface area contributed by atoms with Crippen LogP contribution in [0.1, 0.15) is 37.0 Å². The number of para-hydroxylation sites is 1. The molecule has 0 aliphatic carbocycles. The van der Waals surface area contributed by atoms with Gasteiger partial charge in [-0.15, -0.1) is 11.3 Å². The van der Waals surface area contributed by atoms with Crippen molar-refractivity contribution in [3.63, 3.8) is 0 Å². The van der Waals surface area contributed by atoms with Crippen molar-refractivity contribution in [3.05, 3.63) is 47.3 Å². The highest BCUT2D eigenvalue weighted by Crippen LogP contribution is 2.27. The molecule has 1 fully saturated rings. The van der Waals surface area contributed by atoms with E-state index in [0.29, 0.717) is 41.4 Å². The van der Waals surface area contributed by atoms with E-state index >= 15 is 0 Å². The van der Waals surface area contributed by atoms with Crippen LogP contribution in [0.2, 0.25) is 0 Å². The first kappa shape index (κ1) is 21.5. The summed E-state index contributed by atoms with van der Waals surface area (Å²) in [6.45, 7) is 4.34. The fourth-order valence-corrected chi connectivity index (χ4v) is 5.87. The van der Waals surface area contributed by atoms with Crippen molar-refractivity contribution < 1.29 is 18.0 Å². The number of piperidine rings is 1. The third-order valence-corrected chi connectivity index (χ3v) is 8.03. The van der Waals surface area contributed by atoms with Gasteiger partial charge < -0.3 is 10.6 Å². The number of carbonyl (C=O) groups is 2. The van der Waals surface area contributed by atoms with E-state index in [0.717, 1.165) is 0 Å². The zero-order chi connectivity index (χ0) is 21.0. The first-order chi connectivity index (χ1) is 13.8. The van der Waals surface area contributed by atoms with Gasteiger partial charge in [-0.05, 0) is 50.3 Å². The summed E-state index contributed by atoms with van der Waals surface area (Å²) in [6.07, 6.45) is 0.883. The third kappa shape index (κ3) is 5.04. The Bertz CT molecular complexity index is 963. The molecule has 2 heterocycles. The quantitative estimate of drug-likeness (QED) is 0.729. The van der Waals surface area contributed by atoms with Crippen molar-refractivity contribution in [2.45, 2.75) is 36.9 Å². The Labute approximate surface area is 175 Å². The largest absolute Gasteiger partial charge is 0.350 e. The van der Waals surface area contributed by atoms with Crippen LogP contribution in [0.15, 0.2) is 46.0 Å². The minimum absolute atomic E-state index is 0.0131. The van der Waals surface area contributed by atoms with Crippen molar-refractivity contribution in [2.24, 2.45) is 5.92 Å². The number of hydrogen-bond acceptors (Lipinski definition) is 5. The van der Waals surface area contributed by atoms with Gasteiger partial charge in [-0.1, -0.05) is 18.2 Å². The number of anilines is 1. The average Bonchev–Trinajstić information content (AvgIpc) is 3.23. The summed E-state index contributed by atoms with van der Waals surface area (Å²) in [7, 11) is -3.49. The van der Waals surface area contributed by atoms with Crippen LogP contribution in [-0.4, -0.2) is 43.7 Å². The molecule has 1 saturated heterocycles. The lowest BCUT2D eigenvalue weighted by Crippen LogP contribution is -2.41. The first-order valence-electron chi connectivity index (χ1n) is 9.53. The van der Waals surface area contributed by atoms with Crippen LogP contribution in [0, 0.1) is 5.92 Å². The molecule has 1 aromatic heterocycles. The van der Waals surface area contributed by atoms with Crippen LogP contribution < -0.4 is 10.6 Å². The molecule has 1 aliphatic rings. The number of benzene rings is 1. The van der Waals surface area contributed by atoms with E-state index in [2.05, 4.69) is 10.6 Å². The molecule has 3 rings (SSSR count). The number of nitrogens with one attached hydrogen (secondary N) is 2. The van der Waals surface area contributed by atoms with Gasteiger partial charge in [0.1, 0.15) is 4.21 Å². The lowest BCUT2D eigenvalue weighted by Gasteiger charge is -2.30. The second kappa shape index (κ2) is 9.06. The zero-order valence-electron chi connectivity index (χ0n) is 16.4. The SMILES string of the molecule is CC(C)NC(=O)c1ccccc1NC(=O)C1CCN(S(=O)(=O)c2cccs2)CC1. The molecule has 2 aromatic rings. The molecule has 0 atom stereocenters. The summed E-state index contributed by atoms with van der Waals surface area (Å²) in [6, 6.07) is 10.2. The van der Waals surface area contributed by atoms with Gasteiger partial charge in [0.05, 0.1) is 11.3 Å². The zero-order valence-corrected chi connectivity index (χ0v) is 18.1. The summed E-state index contributed by atoms with van der Waals surface area (Å²) < 4.78 is 27.0. The molecule has 2 amide bonds. The molecular weight excluding hydrogens is 410 g/mol. The summed E-state index contributed by atoms with van der Waals surface area (Å²) >= 11 is 1.19. The van der Waals surface area contributed by atoms with E-state index in [9.17, 15) is 18.0 Å². The third-order valence-electron chi connectivity index (χ3n) is 4.76. The molecule has 0 bridgehead atoms. The van der Waals surface area contributed by atoms with Crippen LogP contribution in [-0.2, 0) is 14.8 Å². The predicted molar refractivity (Wildman–Crippen MR) is 113 cm³/mol. The van der Waals surface area contributed by atoms with E-state index in [1.165, 1.54) is 15.6 Å². The number of amides is 2. The first-order valence-corrected chi connectivity index (χ1v) is 11.9. The standard InChI is InChI=1S/C20H25N3O4S2/c1-14(2)21-20(25)16-6-3-4-7-17(16)22-19(24)15-9-11-23(12-10-15)29(26,27)18-8-5-13-28-18/h3-8,13-15H,9-12H2,1-2H3,(H,21,25)(H,22,24). The maximum absolute atomic E-state index is 12.7. The number of nitrogens with zero attached hydrogens (tertiary/aromatic N) is 1. The second-order valence-corrected chi connectivity index (χ2v) is 10.4. The highest BCUT2D eigenvalue weighted by Gasteiger charge is 2.32. The van der Waals surface area contributed by atoms with Crippen LogP contribution in [0.5, 0.6) is 0 Å². The Hall–Kier alpha value is -2.23. The summed E-state index contributed by atoms with van der Waals surface area (Å²) in [5.74, 6) is -0.735. The van der Waals surface area contributed by atoms with Crippen LogP contribution in [0.25, 0.3) is 0 Å². The molecule has 0 spiro atoms. The summed E-state index contributed by atoms with van der Waals surface area (Å²) in [5, 5.41) is 7.41. The molecule has 9 heteroatoms. The van der Waals surface area contributed by atoms with Crippen LogP contribution >= 0.6 is 11.3 Å². The Morgan fingerprint density at radius 1 is 1.10 bits per heavy atom. The molecule has 0 saturated carbocycles. The van der Waals surface area contributed by atoms with Gasteiger partial charge >= 0.3 is 0 Å². The monoisotopic (exact) mass is 435 g/mol.